The van der Waals surface area contributed by atoms with Crippen molar-refractivity contribution in [1.29, 1.82) is 0 Å². The molecule has 0 aliphatic heterocycles. The minimum Gasteiger partial charge on any atom is -0.360 e. The summed E-state index contributed by atoms with van der Waals surface area (Å²) in [5.74, 6) is 0.0241. The van der Waals surface area contributed by atoms with Crippen LogP contribution in [0.5, 0.6) is 0 Å². The van der Waals surface area contributed by atoms with Crippen LogP contribution in [0.25, 0.3) is 0 Å². The van der Waals surface area contributed by atoms with Gasteiger partial charge in [0.05, 0.1) is 11.7 Å². The highest BCUT2D eigenvalue weighted by molar-refractivity contribution is 5.94. The van der Waals surface area contributed by atoms with Crippen LogP contribution in [0.2, 0.25) is 0 Å². The minimum atomic E-state index is -4.40. The van der Waals surface area contributed by atoms with Gasteiger partial charge in [0.15, 0.2) is 0 Å². The number of carbonyl (C=O) groups is 1. The standard InChI is InChI=1S/C24H35F3N2O2/c1-4-6-7-22(29(3)16-5-2)31-21-14-8-18(9-15-21)17-28-23(30)19-10-12-20(13-11-19)24(25,26)27/h5,10-13,18,21-22H,2,4,6-9,14-17H2,1,3H3,(H,28,30). The van der Waals surface area contributed by atoms with Gasteiger partial charge in [-0.3, -0.25) is 9.69 Å². The Morgan fingerprint density at radius 3 is 2.45 bits per heavy atom. The fourth-order valence-electron chi connectivity index (χ4n) is 3.94. The smallest absolute Gasteiger partial charge is 0.360 e. The second-order valence-electron chi connectivity index (χ2n) is 8.39. The molecule has 0 heterocycles. The van der Waals surface area contributed by atoms with Crippen molar-refractivity contribution in [3.8, 4) is 0 Å². The molecule has 1 amide bonds. The summed E-state index contributed by atoms with van der Waals surface area (Å²) in [5, 5.41) is 2.87. The fraction of sp³-hybridized carbons (Fsp3) is 0.625. The third kappa shape index (κ3) is 8.30. The van der Waals surface area contributed by atoms with Crippen molar-refractivity contribution in [3.63, 3.8) is 0 Å². The zero-order valence-corrected chi connectivity index (χ0v) is 18.6. The predicted molar refractivity (Wildman–Crippen MR) is 117 cm³/mol. The lowest BCUT2D eigenvalue weighted by Crippen LogP contribution is -2.39. The summed E-state index contributed by atoms with van der Waals surface area (Å²) in [4.78, 5) is 14.5. The van der Waals surface area contributed by atoms with E-state index in [-0.39, 0.29) is 23.8 Å². The number of nitrogens with zero attached hydrogens (tertiary/aromatic N) is 1. The SMILES string of the molecule is C=CCN(C)C(CCCC)OC1CCC(CNC(=O)c2ccc(C(F)(F)F)cc2)CC1. The molecule has 1 aromatic carbocycles. The summed E-state index contributed by atoms with van der Waals surface area (Å²) in [7, 11) is 2.06. The van der Waals surface area contributed by atoms with E-state index in [1.165, 1.54) is 12.1 Å². The first-order valence-electron chi connectivity index (χ1n) is 11.2. The van der Waals surface area contributed by atoms with Gasteiger partial charge in [-0.1, -0.05) is 19.4 Å². The van der Waals surface area contributed by atoms with E-state index in [4.69, 9.17) is 4.74 Å². The number of halogens is 3. The van der Waals surface area contributed by atoms with E-state index in [1.807, 2.05) is 6.08 Å². The van der Waals surface area contributed by atoms with E-state index in [1.54, 1.807) is 0 Å². The second kappa shape index (κ2) is 12.2. The molecule has 1 atom stereocenters. The molecule has 7 heteroatoms. The Labute approximate surface area is 183 Å². The van der Waals surface area contributed by atoms with E-state index in [0.29, 0.717) is 12.5 Å². The molecule has 1 aliphatic carbocycles. The number of alkyl halides is 3. The van der Waals surface area contributed by atoms with Crippen LogP contribution < -0.4 is 5.32 Å². The summed E-state index contributed by atoms with van der Waals surface area (Å²) in [6, 6.07) is 4.32. The monoisotopic (exact) mass is 440 g/mol. The third-order valence-electron chi connectivity index (χ3n) is 5.88. The Morgan fingerprint density at radius 1 is 1.26 bits per heavy atom. The molecule has 0 spiro atoms. The first-order valence-corrected chi connectivity index (χ1v) is 11.2. The Balaban J connectivity index is 1.77. The van der Waals surface area contributed by atoms with Gasteiger partial charge in [0.1, 0.15) is 6.23 Å². The molecule has 0 aromatic heterocycles. The van der Waals surface area contributed by atoms with Crippen molar-refractivity contribution in [1.82, 2.24) is 10.2 Å². The highest BCUT2D eigenvalue weighted by Gasteiger charge is 2.30. The lowest BCUT2D eigenvalue weighted by atomic mass is 9.87. The van der Waals surface area contributed by atoms with Gasteiger partial charge >= 0.3 is 6.18 Å². The number of carbonyl (C=O) groups excluding carboxylic acids is 1. The van der Waals surface area contributed by atoms with E-state index < -0.39 is 11.7 Å². The van der Waals surface area contributed by atoms with Crippen LogP contribution in [0.4, 0.5) is 13.2 Å². The topological polar surface area (TPSA) is 41.6 Å². The molecule has 1 saturated carbocycles. The molecule has 174 valence electrons. The summed E-state index contributed by atoms with van der Waals surface area (Å²) in [6.45, 7) is 7.31. The van der Waals surface area contributed by atoms with E-state index in [2.05, 4.69) is 30.8 Å². The Bertz CT molecular complexity index is 683. The third-order valence-corrected chi connectivity index (χ3v) is 5.88. The van der Waals surface area contributed by atoms with Crippen molar-refractivity contribution in [2.75, 3.05) is 20.1 Å². The van der Waals surface area contributed by atoms with Gasteiger partial charge in [0.2, 0.25) is 0 Å². The molecular weight excluding hydrogens is 405 g/mol. The highest BCUT2D eigenvalue weighted by atomic mass is 19.4. The van der Waals surface area contributed by atoms with Gasteiger partial charge in [-0.05, 0) is 75.8 Å². The lowest BCUT2D eigenvalue weighted by molar-refractivity contribution is -0.137. The zero-order chi connectivity index (χ0) is 22.9. The molecule has 0 radical (unpaired) electrons. The van der Waals surface area contributed by atoms with Crippen LogP contribution in [0, 0.1) is 5.92 Å². The van der Waals surface area contributed by atoms with Gasteiger partial charge < -0.3 is 10.1 Å². The average Bonchev–Trinajstić information content (AvgIpc) is 2.75. The summed E-state index contributed by atoms with van der Waals surface area (Å²) in [5.41, 5.74) is -0.507. The van der Waals surface area contributed by atoms with E-state index in [0.717, 1.165) is 63.6 Å². The number of likely N-dealkylation sites (N-methyl/N-ethyl adjacent to an activating group) is 1. The number of benzene rings is 1. The second-order valence-corrected chi connectivity index (χ2v) is 8.39. The van der Waals surface area contributed by atoms with Crippen LogP contribution in [-0.2, 0) is 10.9 Å². The molecule has 0 saturated heterocycles. The molecule has 2 rings (SSSR count). The number of rotatable bonds is 11. The number of ether oxygens (including phenoxy) is 1. The first-order chi connectivity index (χ1) is 14.7. The molecule has 0 bridgehead atoms. The van der Waals surface area contributed by atoms with Crippen molar-refractivity contribution in [2.24, 2.45) is 5.92 Å². The van der Waals surface area contributed by atoms with E-state index >= 15 is 0 Å². The van der Waals surface area contributed by atoms with Crippen LogP contribution in [0.15, 0.2) is 36.9 Å². The van der Waals surface area contributed by atoms with Crippen LogP contribution in [0.1, 0.15) is 67.8 Å². The molecule has 31 heavy (non-hydrogen) atoms. The van der Waals surface area contributed by atoms with Gasteiger partial charge in [0, 0.05) is 18.7 Å². The highest BCUT2D eigenvalue weighted by Crippen LogP contribution is 2.30. The molecule has 1 fully saturated rings. The average molecular weight is 441 g/mol. The first kappa shape index (κ1) is 25.4. The van der Waals surface area contributed by atoms with Gasteiger partial charge in [-0.15, -0.1) is 6.58 Å². The predicted octanol–water partition coefficient (Wildman–Crippen LogP) is 5.64. The van der Waals surface area contributed by atoms with Crippen LogP contribution in [-0.4, -0.2) is 43.3 Å². The maximum Gasteiger partial charge on any atom is 0.416 e. The Morgan fingerprint density at radius 2 is 1.90 bits per heavy atom. The summed E-state index contributed by atoms with van der Waals surface area (Å²) < 4.78 is 44.3. The quantitative estimate of drug-likeness (QED) is 0.357. The minimum absolute atomic E-state index is 0.0962. The van der Waals surface area contributed by atoms with Crippen molar-refractivity contribution in [3.05, 3.63) is 48.0 Å². The maximum atomic E-state index is 12.6. The molecular formula is C24H35F3N2O2. The number of amides is 1. The molecule has 1 aromatic rings. The fourth-order valence-corrected chi connectivity index (χ4v) is 3.94. The Kier molecular flexibility index (Phi) is 10.0. The van der Waals surface area contributed by atoms with E-state index in [9.17, 15) is 18.0 Å². The Hall–Kier alpha value is -1.86. The zero-order valence-electron chi connectivity index (χ0n) is 18.6. The summed E-state index contributed by atoms with van der Waals surface area (Å²) in [6.07, 6.45) is 4.89. The van der Waals surface area contributed by atoms with Crippen LogP contribution in [0.3, 0.4) is 0 Å². The number of unbranched alkanes of at least 4 members (excludes halogenated alkanes) is 1. The molecule has 4 nitrogen and oxygen atoms in total. The molecule has 1 unspecified atom stereocenters. The van der Waals surface area contributed by atoms with Gasteiger partial charge in [-0.2, -0.15) is 13.2 Å². The van der Waals surface area contributed by atoms with Crippen molar-refractivity contribution in [2.45, 2.75) is 70.4 Å². The number of nitrogens with one attached hydrogen (secondary N) is 1. The van der Waals surface area contributed by atoms with Gasteiger partial charge in [-0.25, -0.2) is 0 Å². The lowest BCUT2D eigenvalue weighted by Gasteiger charge is -2.35. The molecule has 1 aliphatic rings. The summed E-state index contributed by atoms with van der Waals surface area (Å²) >= 11 is 0. The van der Waals surface area contributed by atoms with Crippen molar-refractivity contribution < 1.29 is 22.7 Å². The maximum absolute atomic E-state index is 12.6. The van der Waals surface area contributed by atoms with Crippen LogP contribution >= 0.6 is 0 Å². The van der Waals surface area contributed by atoms with Gasteiger partial charge in [0.25, 0.3) is 5.91 Å². The normalized spacial score (nSPS) is 20.5. The number of hydrogen-bond donors (Lipinski definition) is 1. The number of hydrogen-bond acceptors (Lipinski definition) is 3. The molecule has 1 N–H and O–H groups in total. The van der Waals surface area contributed by atoms with Crippen molar-refractivity contribution >= 4 is 5.91 Å². The largest absolute Gasteiger partial charge is 0.416 e.